The number of hydrogen-bond donors (Lipinski definition) is 1. The first kappa shape index (κ1) is 14.0. The molecular formula is C14H29NO. The summed E-state index contributed by atoms with van der Waals surface area (Å²) in [6.07, 6.45) is 7.90. The molecule has 16 heavy (non-hydrogen) atoms. The van der Waals surface area contributed by atoms with Crippen LogP contribution in [0.25, 0.3) is 0 Å². The Morgan fingerprint density at radius 2 is 2.00 bits per heavy atom. The first-order valence-electron chi connectivity index (χ1n) is 7.07. The largest absolute Gasteiger partial charge is 0.381 e. The predicted octanol–water partition coefficient (Wildman–Crippen LogP) is 3.36. The Bertz CT molecular complexity index is 170. The van der Waals surface area contributed by atoms with Crippen molar-refractivity contribution in [2.75, 3.05) is 19.8 Å². The highest BCUT2D eigenvalue weighted by Crippen LogP contribution is 2.30. The molecule has 1 fully saturated rings. The summed E-state index contributed by atoms with van der Waals surface area (Å²) in [6.45, 7) is 9.60. The lowest BCUT2D eigenvalue weighted by Gasteiger charge is -2.33. The molecule has 0 aliphatic heterocycles. The summed E-state index contributed by atoms with van der Waals surface area (Å²) < 4.78 is 5.70. The summed E-state index contributed by atoms with van der Waals surface area (Å²) >= 11 is 0. The molecule has 0 aromatic carbocycles. The second-order valence-corrected chi connectivity index (χ2v) is 5.25. The number of unbranched alkanes of at least 4 members (excludes halogenated alkanes) is 1. The molecule has 0 aromatic rings. The third-order valence-corrected chi connectivity index (χ3v) is 3.77. The molecule has 1 aliphatic carbocycles. The van der Waals surface area contributed by atoms with Crippen LogP contribution in [0.2, 0.25) is 0 Å². The lowest BCUT2D eigenvalue weighted by atomic mass is 9.80. The molecule has 1 aliphatic rings. The van der Waals surface area contributed by atoms with E-state index in [9.17, 15) is 0 Å². The maximum absolute atomic E-state index is 5.70. The predicted molar refractivity (Wildman–Crippen MR) is 69.8 cm³/mol. The summed E-state index contributed by atoms with van der Waals surface area (Å²) in [5.41, 5.74) is 0.384. The van der Waals surface area contributed by atoms with E-state index < -0.39 is 0 Å². The Morgan fingerprint density at radius 1 is 1.25 bits per heavy atom. The van der Waals surface area contributed by atoms with E-state index in [-0.39, 0.29) is 0 Å². The van der Waals surface area contributed by atoms with Gasteiger partial charge >= 0.3 is 0 Å². The summed E-state index contributed by atoms with van der Waals surface area (Å²) in [5, 5.41) is 3.69. The lowest BCUT2D eigenvalue weighted by molar-refractivity contribution is 0.0399. The molecule has 0 bridgehead atoms. The summed E-state index contributed by atoms with van der Waals surface area (Å²) in [6, 6.07) is 0.814. The molecule has 2 nitrogen and oxygen atoms in total. The molecule has 0 saturated heterocycles. The van der Waals surface area contributed by atoms with Gasteiger partial charge in [-0.3, -0.25) is 0 Å². The fourth-order valence-electron chi connectivity index (χ4n) is 2.13. The molecule has 0 spiro atoms. The SMILES string of the molecule is CCCCC(CC)(CNC1CC1)COCC. The monoisotopic (exact) mass is 227 g/mol. The summed E-state index contributed by atoms with van der Waals surface area (Å²) in [7, 11) is 0. The van der Waals surface area contributed by atoms with Gasteiger partial charge in [0.2, 0.25) is 0 Å². The fourth-order valence-corrected chi connectivity index (χ4v) is 2.13. The van der Waals surface area contributed by atoms with Crippen LogP contribution in [0.1, 0.15) is 59.3 Å². The highest BCUT2D eigenvalue weighted by molar-refractivity contribution is 4.87. The average molecular weight is 227 g/mol. The van der Waals surface area contributed by atoms with Crippen molar-refractivity contribution in [2.24, 2.45) is 5.41 Å². The topological polar surface area (TPSA) is 21.3 Å². The Kier molecular flexibility index (Phi) is 6.37. The van der Waals surface area contributed by atoms with Crippen molar-refractivity contribution in [1.82, 2.24) is 5.32 Å². The van der Waals surface area contributed by atoms with Crippen molar-refractivity contribution in [3.63, 3.8) is 0 Å². The van der Waals surface area contributed by atoms with E-state index in [4.69, 9.17) is 4.74 Å². The van der Waals surface area contributed by atoms with Gasteiger partial charge in [0.25, 0.3) is 0 Å². The number of ether oxygens (including phenoxy) is 1. The second kappa shape index (κ2) is 7.29. The third-order valence-electron chi connectivity index (χ3n) is 3.77. The highest BCUT2D eigenvalue weighted by atomic mass is 16.5. The van der Waals surface area contributed by atoms with Crippen LogP contribution >= 0.6 is 0 Å². The Hall–Kier alpha value is -0.0800. The van der Waals surface area contributed by atoms with E-state index in [0.29, 0.717) is 5.41 Å². The Morgan fingerprint density at radius 3 is 2.50 bits per heavy atom. The van der Waals surface area contributed by atoms with Gasteiger partial charge < -0.3 is 10.1 Å². The van der Waals surface area contributed by atoms with Crippen LogP contribution < -0.4 is 5.32 Å². The van der Waals surface area contributed by atoms with E-state index in [1.165, 1.54) is 38.5 Å². The molecule has 1 saturated carbocycles. The van der Waals surface area contributed by atoms with Crippen molar-refractivity contribution < 1.29 is 4.74 Å². The number of nitrogens with one attached hydrogen (secondary N) is 1. The lowest BCUT2D eigenvalue weighted by Crippen LogP contribution is -2.38. The van der Waals surface area contributed by atoms with E-state index in [2.05, 4.69) is 26.1 Å². The standard InChI is InChI=1S/C14H29NO/c1-4-7-10-14(5-2,12-16-6-3)11-15-13-8-9-13/h13,15H,4-12H2,1-3H3. The van der Waals surface area contributed by atoms with Crippen molar-refractivity contribution in [3.05, 3.63) is 0 Å². The van der Waals surface area contributed by atoms with Crippen LogP contribution in [-0.2, 0) is 4.74 Å². The van der Waals surface area contributed by atoms with Crippen LogP contribution in [0.3, 0.4) is 0 Å². The maximum Gasteiger partial charge on any atom is 0.0534 e. The minimum Gasteiger partial charge on any atom is -0.381 e. The maximum atomic E-state index is 5.70. The molecule has 0 aromatic heterocycles. The van der Waals surface area contributed by atoms with Crippen LogP contribution in [0.15, 0.2) is 0 Å². The van der Waals surface area contributed by atoms with Crippen LogP contribution in [-0.4, -0.2) is 25.8 Å². The van der Waals surface area contributed by atoms with Gasteiger partial charge in [0.05, 0.1) is 6.61 Å². The summed E-state index contributed by atoms with van der Waals surface area (Å²) in [5.74, 6) is 0. The summed E-state index contributed by atoms with van der Waals surface area (Å²) in [4.78, 5) is 0. The van der Waals surface area contributed by atoms with E-state index in [0.717, 1.165) is 25.8 Å². The van der Waals surface area contributed by atoms with Gasteiger partial charge in [0.1, 0.15) is 0 Å². The van der Waals surface area contributed by atoms with Gasteiger partial charge in [-0.05, 0) is 32.6 Å². The molecule has 0 amide bonds. The Balaban J connectivity index is 2.39. The van der Waals surface area contributed by atoms with E-state index in [1.807, 2.05) is 0 Å². The van der Waals surface area contributed by atoms with Crippen LogP contribution in [0.5, 0.6) is 0 Å². The van der Waals surface area contributed by atoms with Crippen molar-refractivity contribution in [1.29, 1.82) is 0 Å². The molecule has 2 heteroatoms. The van der Waals surface area contributed by atoms with E-state index in [1.54, 1.807) is 0 Å². The minimum atomic E-state index is 0.384. The minimum absolute atomic E-state index is 0.384. The smallest absolute Gasteiger partial charge is 0.0534 e. The first-order valence-corrected chi connectivity index (χ1v) is 7.07. The first-order chi connectivity index (χ1) is 7.76. The van der Waals surface area contributed by atoms with Gasteiger partial charge in [-0.1, -0.05) is 26.7 Å². The van der Waals surface area contributed by atoms with Gasteiger partial charge in [-0.25, -0.2) is 0 Å². The van der Waals surface area contributed by atoms with Gasteiger partial charge in [0, 0.05) is 24.6 Å². The molecule has 1 rings (SSSR count). The molecule has 1 unspecified atom stereocenters. The van der Waals surface area contributed by atoms with Gasteiger partial charge in [-0.2, -0.15) is 0 Å². The van der Waals surface area contributed by atoms with Crippen molar-refractivity contribution in [3.8, 4) is 0 Å². The van der Waals surface area contributed by atoms with Crippen LogP contribution in [0.4, 0.5) is 0 Å². The molecule has 0 heterocycles. The molecule has 0 radical (unpaired) electrons. The van der Waals surface area contributed by atoms with Gasteiger partial charge in [0.15, 0.2) is 0 Å². The number of hydrogen-bond acceptors (Lipinski definition) is 2. The quantitative estimate of drug-likeness (QED) is 0.618. The third kappa shape index (κ3) is 4.84. The molecule has 1 atom stereocenters. The van der Waals surface area contributed by atoms with Crippen molar-refractivity contribution in [2.45, 2.75) is 65.3 Å². The van der Waals surface area contributed by atoms with E-state index >= 15 is 0 Å². The zero-order valence-corrected chi connectivity index (χ0v) is 11.3. The highest BCUT2D eigenvalue weighted by Gasteiger charge is 2.30. The zero-order chi connectivity index (χ0) is 11.9. The average Bonchev–Trinajstić information content (AvgIpc) is 3.13. The Labute approximate surface area is 101 Å². The molecular weight excluding hydrogens is 198 g/mol. The molecule has 1 N–H and O–H groups in total. The molecule has 96 valence electrons. The normalized spacial score (nSPS) is 19.7. The van der Waals surface area contributed by atoms with Crippen molar-refractivity contribution >= 4 is 0 Å². The second-order valence-electron chi connectivity index (χ2n) is 5.25. The zero-order valence-electron chi connectivity index (χ0n) is 11.3. The van der Waals surface area contributed by atoms with Crippen LogP contribution in [0, 0.1) is 5.41 Å². The number of rotatable bonds is 10. The van der Waals surface area contributed by atoms with Gasteiger partial charge in [-0.15, -0.1) is 0 Å². The fraction of sp³-hybridized carbons (Fsp3) is 1.00.